The van der Waals surface area contributed by atoms with E-state index in [1.54, 1.807) is 6.92 Å². The average Bonchev–Trinajstić information content (AvgIpc) is 2.83. The molecule has 94 valence electrons. The number of fused-ring (bicyclic) bond motifs is 2. The first-order valence-electron chi connectivity index (χ1n) is 6.53. The molecular weight excluding hydrogens is 218 g/mol. The number of rotatable bonds is 2. The SMILES string of the molecule is CC(=O)[C@@H]1C[C@@H]2C(=O)C[C@H]1C2N1CCOCC1. The molecule has 1 heterocycles. The van der Waals surface area contributed by atoms with Gasteiger partial charge in [0.2, 0.25) is 0 Å². The summed E-state index contributed by atoms with van der Waals surface area (Å²) < 4.78 is 5.36. The van der Waals surface area contributed by atoms with E-state index in [-0.39, 0.29) is 23.5 Å². The molecule has 0 aromatic carbocycles. The summed E-state index contributed by atoms with van der Waals surface area (Å²) in [7, 11) is 0. The molecule has 4 nitrogen and oxygen atoms in total. The van der Waals surface area contributed by atoms with E-state index in [1.165, 1.54) is 0 Å². The predicted molar refractivity (Wildman–Crippen MR) is 61.6 cm³/mol. The summed E-state index contributed by atoms with van der Waals surface area (Å²) in [4.78, 5) is 25.9. The Morgan fingerprint density at radius 3 is 2.71 bits per heavy atom. The van der Waals surface area contributed by atoms with Crippen molar-refractivity contribution in [2.75, 3.05) is 26.3 Å². The van der Waals surface area contributed by atoms with Crippen molar-refractivity contribution in [2.24, 2.45) is 17.8 Å². The lowest BCUT2D eigenvalue weighted by Gasteiger charge is -2.34. The number of hydrogen-bond donors (Lipinski definition) is 0. The van der Waals surface area contributed by atoms with Crippen LogP contribution in [0.3, 0.4) is 0 Å². The Labute approximate surface area is 101 Å². The van der Waals surface area contributed by atoms with E-state index in [1.807, 2.05) is 0 Å². The van der Waals surface area contributed by atoms with Gasteiger partial charge in [0.25, 0.3) is 0 Å². The maximum Gasteiger partial charge on any atom is 0.137 e. The van der Waals surface area contributed by atoms with Crippen molar-refractivity contribution in [1.29, 1.82) is 0 Å². The van der Waals surface area contributed by atoms with Crippen molar-refractivity contribution in [3.63, 3.8) is 0 Å². The largest absolute Gasteiger partial charge is 0.379 e. The van der Waals surface area contributed by atoms with Crippen LogP contribution in [0, 0.1) is 17.8 Å². The quantitative estimate of drug-likeness (QED) is 0.701. The molecule has 3 fully saturated rings. The van der Waals surface area contributed by atoms with Gasteiger partial charge in [-0.1, -0.05) is 0 Å². The van der Waals surface area contributed by atoms with E-state index in [0.29, 0.717) is 18.2 Å². The molecule has 2 bridgehead atoms. The topological polar surface area (TPSA) is 46.6 Å². The first-order chi connectivity index (χ1) is 8.18. The molecule has 0 amide bonds. The van der Waals surface area contributed by atoms with E-state index >= 15 is 0 Å². The third-order valence-corrected chi connectivity index (χ3v) is 4.72. The fraction of sp³-hybridized carbons (Fsp3) is 0.846. The van der Waals surface area contributed by atoms with E-state index in [2.05, 4.69) is 4.90 Å². The van der Waals surface area contributed by atoms with Crippen molar-refractivity contribution in [1.82, 2.24) is 4.90 Å². The average molecular weight is 237 g/mol. The van der Waals surface area contributed by atoms with E-state index in [0.717, 1.165) is 32.7 Å². The fourth-order valence-electron chi connectivity index (χ4n) is 3.96. The summed E-state index contributed by atoms with van der Waals surface area (Å²) in [5.74, 6) is 1.17. The molecule has 1 aliphatic heterocycles. The molecule has 0 aromatic heterocycles. The van der Waals surface area contributed by atoms with Crippen LogP contribution in [0.15, 0.2) is 0 Å². The van der Waals surface area contributed by atoms with Crippen LogP contribution in [0.1, 0.15) is 19.8 Å². The van der Waals surface area contributed by atoms with Gasteiger partial charge < -0.3 is 4.74 Å². The van der Waals surface area contributed by atoms with Gasteiger partial charge in [0.1, 0.15) is 11.6 Å². The predicted octanol–water partition coefficient (Wildman–Crippen LogP) is 0.501. The maximum absolute atomic E-state index is 11.9. The zero-order valence-corrected chi connectivity index (χ0v) is 10.2. The third-order valence-electron chi connectivity index (χ3n) is 4.72. The Hall–Kier alpha value is -0.740. The number of carbonyl (C=O) groups excluding carboxylic acids is 2. The third kappa shape index (κ3) is 1.74. The highest BCUT2D eigenvalue weighted by Crippen LogP contribution is 2.49. The van der Waals surface area contributed by atoms with Crippen LogP contribution in [0.25, 0.3) is 0 Å². The molecule has 1 unspecified atom stereocenters. The lowest BCUT2D eigenvalue weighted by Crippen LogP contribution is -2.46. The molecule has 4 heteroatoms. The van der Waals surface area contributed by atoms with Crippen molar-refractivity contribution in [3.8, 4) is 0 Å². The summed E-state index contributed by atoms with van der Waals surface area (Å²) in [5.41, 5.74) is 0. The zero-order chi connectivity index (χ0) is 12.0. The van der Waals surface area contributed by atoms with Gasteiger partial charge >= 0.3 is 0 Å². The molecule has 3 aliphatic rings. The maximum atomic E-state index is 11.9. The van der Waals surface area contributed by atoms with Gasteiger partial charge in [-0.3, -0.25) is 14.5 Å². The minimum Gasteiger partial charge on any atom is -0.379 e. The van der Waals surface area contributed by atoms with Crippen molar-refractivity contribution < 1.29 is 14.3 Å². The summed E-state index contributed by atoms with van der Waals surface area (Å²) in [6, 6.07) is 0.320. The van der Waals surface area contributed by atoms with Gasteiger partial charge in [-0.05, 0) is 19.3 Å². The van der Waals surface area contributed by atoms with Gasteiger partial charge in [-0.2, -0.15) is 0 Å². The molecule has 4 atom stereocenters. The Bertz CT molecular complexity index is 349. The smallest absolute Gasteiger partial charge is 0.137 e. The normalized spacial score (nSPS) is 42.1. The van der Waals surface area contributed by atoms with Crippen LogP contribution in [0.4, 0.5) is 0 Å². The molecule has 2 saturated carbocycles. The Morgan fingerprint density at radius 1 is 1.35 bits per heavy atom. The molecule has 1 saturated heterocycles. The summed E-state index contributed by atoms with van der Waals surface area (Å²) in [6.07, 6.45) is 1.41. The molecule has 0 aromatic rings. The van der Waals surface area contributed by atoms with Crippen molar-refractivity contribution >= 4 is 11.6 Å². The summed E-state index contributed by atoms with van der Waals surface area (Å²) in [5, 5.41) is 0. The number of ketones is 2. The molecule has 0 spiro atoms. The van der Waals surface area contributed by atoms with Crippen LogP contribution in [-0.2, 0) is 14.3 Å². The van der Waals surface area contributed by atoms with Crippen LogP contribution < -0.4 is 0 Å². The van der Waals surface area contributed by atoms with Gasteiger partial charge in [0, 0.05) is 37.4 Å². The van der Waals surface area contributed by atoms with Gasteiger partial charge in [-0.25, -0.2) is 0 Å². The molecule has 0 radical (unpaired) electrons. The first-order valence-corrected chi connectivity index (χ1v) is 6.53. The second kappa shape index (κ2) is 4.18. The second-order valence-electron chi connectivity index (χ2n) is 5.53. The molecule has 0 N–H and O–H groups in total. The Balaban J connectivity index is 1.80. The summed E-state index contributed by atoms with van der Waals surface area (Å²) >= 11 is 0. The van der Waals surface area contributed by atoms with Gasteiger partial charge in [-0.15, -0.1) is 0 Å². The van der Waals surface area contributed by atoms with Crippen LogP contribution in [0.2, 0.25) is 0 Å². The minimum atomic E-state index is 0.118. The highest BCUT2D eigenvalue weighted by atomic mass is 16.5. The van der Waals surface area contributed by atoms with Crippen molar-refractivity contribution in [3.05, 3.63) is 0 Å². The van der Waals surface area contributed by atoms with Crippen LogP contribution in [0.5, 0.6) is 0 Å². The molecular formula is C13H19NO3. The fourth-order valence-corrected chi connectivity index (χ4v) is 3.96. The lowest BCUT2D eigenvalue weighted by molar-refractivity contribution is -0.126. The zero-order valence-electron chi connectivity index (χ0n) is 10.2. The monoisotopic (exact) mass is 237 g/mol. The Morgan fingerprint density at radius 2 is 2.06 bits per heavy atom. The van der Waals surface area contributed by atoms with Gasteiger partial charge in [0.15, 0.2) is 0 Å². The number of morpholine rings is 1. The highest BCUT2D eigenvalue weighted by molar-refractivity contribution is 5.90. The Kier molecular flexibility index (Phi) is 2.79. The second-order valence-corrected chi connectivity index (χ2v) is 5.53. The minimum absolute atomic E-state index is 0.118. The van der Waals surface area contributed by atoms with Gasteiger partial charge in [0.05, 0.1) is 13.2 Å². The number of ether oxygens (including phenoxy) is 1. The molecule has 2 aliphatic carbocycles. The van der Waals surface area contributed by atoms with E-state index < -0.39 is 0 Å². The lowest BCUT2D eigenvalue weighted by atomic mass is 9.85. The molecule has 17 heavy (non-hydrogen) atoms. The number of hydrogen-bond acceptors (Lipinski definition) is 4. The first kappa shape index (κ1) is 11.4. The van der Waals surface area contributed by atoms with E-state index in [9.17, 15) is 9.59 Å². The van der Waals surface area contributed by atoms with E-state index in [4.69, 9.17) is 4.74 Å². The molecule has 3 rings (SSSR count). The summed E-state index contributed by atoms with van der Waals surface area (Å²) in [6.45, 7) is 5.01. The standard InChI is InChI=1S/C13H19NO3/c1-8(15)9-6-11-12(16)7-10(9)13(11)14-2-4-17-5-3-14/h9-11,13H,2-7H2,1H3/t9-,10+,11+,13?/m0/s1. The highest BCUT2D eigenvalue weighted by Gasteiger charge is 2.56. The van der Waals surface area contributed by atoms with Crippen LogP contribution in [-0.4, -0.2) is 48.8 Å². The number of carbonyl (C=O) groups is 2. The number of nitrogens with zero attached hydrogens (tertiary/aromatic N) is 1. The number of Topliss-reactive ketones (excluding diaryl/α,β-unsaturated/α-hetero) is 2. The van der Waals surface area contributed by atoms with Crippen LogP contribution >= 0.6 is 0 Å². The van der Waals surface area contributed by atoms with Crippen molar-refractivity contribution in [2.45, 2.75) is 25.8 Å².